The second-order valence-corrected chi connectivity index (χ2v) is 16.2. The lowest BCUT2D eigenvalue weighted by Gasteiger charge is -2.28. The molecule has 1 unspecified atom stereocenters. The number of aryl methyl sites for hydroxylation is 1. The van der Waals surface area contributed by atoms with Gasteiger partial charge in [0, 0.05) is 46.3 Å². The largest absolute Gasteiger partial charge is 0.456 e. The number of nitro groups is 1. The van der Waals surface area contributed by atoms with Crippen LogP contribution in [0.3, 0.4) is 0 Å². The average molecular weight is 735 g/mol. The molecular formula is C29H26Br2N3O6PS. The molecule has 0 spiro atoms. The highest BCUT2D eigenvalue weighted by atomic mass is 79.9. The molecule has 1 aromatic heterocycles. The molecule has 5 rings (SSSR count). The number of nitrogens with zero attached hydrogens (tertiary/aromatic N) is 3. The van der Waals surface area contributed by atoms with E-state index in [4.69, 9.17) is 8.94 Å². The van der Waals surface area contributed by atoms with Crippen LogP contribution in [0.25, 0.3) is 0 Å². The molecule has 0 amide bonds. The van der Waals surface area contributed by atoms with Crippen molar-refractivity contribution >= 4 is 66.0 Å². The number of hydrogen-bond donors (Lipinski definition) is 0. The maximum absolute atomic E-state index is 14.0. The van der Waals surface area contributed by atoms with E-state index in [0.29, 0.717) is 16.0 Å². The Morgan fingerprint density at radius 3 is 2.33 bits per heavy atom. The van der Waals surface area contributed by atoms with Gasteiger partial charge in [0.15, 0.2) is 5.50 Å². The summed E-state index contributed by atoms with van der Waals surface area (Å²) in [7, 11) is -6.22. The quantitative estimate of drug-likeness (QED) is 0.106. The van der Waals surface area contributed by atoms with Crippen LogP contribution in [0.1, 0.15) is 25.2 Å². The van der Waals surface area contributed by atoms with Crippen molar-refractivity contribution < 1.29 is 22.3 Å². The maximum Gasteiger partial charge on any atom is 0.284 e. The van der Waals surface area contributed by atoms with Gasteiger partial charge in [0.2, 0.25) is 7.28 Å². The molecule has 0 saturated heterocycles. The number of non-ortho nitro benzene ring substituents is 1. The average Bonchev–Trinajstić information content (AvgIpc) is 3.46. The number of fused-ring (bicyclic) bond motifs is 1. The fraction of sp³-hybridized carbons (Fsp3) is 0.172. The molecule has 2 heterocycles. The number of anilines is 1. The lowest BCUT2D eigenvalue weighted by Crippen LogP contribution is -2.24. The Morgan fingerprint density at radius 1 is 1.05 bits per heavy atom. The van der Waals surface area contributed by atoms with E-state index in [-0.39, 0.29) is 16.1 Å². The van der Waals surface area contributed by atoms with Crippen molar-refractivity contribution in [3.8, 4) is 5.75 Å². The molecule has 0 radical (unpaired) electrons. The topological polar surface area (TPSA) is 115 Å². The van der Waals surface area contributed by atoms with Gasteiger partial charge in [-0.3, -0.25) is 10.1 Å². The first-order valence-electron chi connectivity index (χ1n) is 12.6. The van der Waals surface area contributed by atoms with Crippen LogP contribution < -0.4 is 14.9 Å². The first-order valence-corrected chi connectivity index (χ1v) is 17.4. The van der Waals surface area contributed by atoms with E-state index in [1.165, 1.54) is 12.1 Å². The van der Waals surface area contributed by atoms with Crippen molar-refractivity contribution in [2.24, 2.45) is 4.15 Å². The summed E-state index contributed by atoms with van der Waals surface area (Å²) in [5.74, 6) is 2.69. The van der Waals surface area contributed by atoms with Gasteiger partial charge in [-0.2, -0.15) is 8.42 Å². The Labute approximate surface area is 260 Å². The fourth-order valence-electron chi connectivity index (χ4n) is 4.85. The number of allylic oxidation sites excluding steroid dienone is 1. The van der Waals surface area contributed by atoms with E-state index in [0.717, 1.165) is 33.6 Å². The van der Waals surface area contributed by atoms with E-state index in [9.17, 15) is 18.5 Å². The van der Waals surface area contributed by atoms with Crippen molar-refractivity contribution in [2.75, 3.05) is 11.9 Å². The lowest BCUT2D eigenvalue weighted by molar-refractivity contribution is -0.384. The summed E-state index contributed by atoms with van der Waals surface area (Å²) in [5, 5.41) is 11.2. The van der Waals surface area contributed by atoms with Crippen molar-refractivity contribution in [3.63, 3.8) is 0 Å². The molecule has 0 N–H and O–H groups in total. The summed E-state index contributed by atoms with van der Waals surface area (Å²) in [4.78, 5) is 12.4. The molecule has 3 aromatic carbocycles. The van der Waals surface area contributed by atoms with Gasteiger partial charge in [-0.15, -0.1) is 4.15 Å². The van der Waals surface area contributed by atoms with Crippen molar-refractivity contribution in [2.45, 2.75) is 31.1 Å². The van der Waals surface area contributed by atoms with Crippen LogP contribution >= 0.6 is 39.1 Å². The fourth-order valence-corrected chi connectivity index (χ4v) is 11.0. The molecule has 13 heteroatoms. The molecule has 4 aromatic rings. The van der Waals surface area contributed by atoms with E-state index in [1.807, 2.05) is 36.2 Å². The number of likely N-dealkylation sites (N-methyl/N-ethyl adjacent to an activating group) is 1. The summed E-state index contributed by atoms with van der Waals surface area (Å²) < 4.78 is 46.6. The van der Waals surface area contributed by atoms with Gasteiger partial charge >= 0.3 is 0 Å². The summed E-state index contributed by atoms with van der Waals surface area (Å²) in [6.45, 7) is 5.88. The Kier molecular flexibility index (Phi) is 8.04. The Hall–Kier alpha value is -3.18. The first kappa shape index (κ1) is 30.3. The van der Waals surface area contributed by atoms with E-state index in [1.54, 1.807) is 43.1 Å². The number of rotatable bonds is 7. The zero-order valence-corrected chi connectivity index (χ0v) is 27.9. The molecule has 42 heavy (non-hydrogen) atoms. The molecule has 1 aliphatic heterocycles. The Balaban J connectivity index is 1.83. The minimum absolute atomic E-state index is 0.208. The van der Waals surface area contributed by atoms with Gasteiger partial charge in [-0.1, -0.05) is 48.0 Å². The highest BCUT2D eigenvalue weighted by Crippen LogP contribution is 2.59. The molecule has 1 aliphatic rings. The summed E-state index contributed by atoms with van der Waals surface area (Å²) in [5.41, 5.74) is 2.29. The van der Waals surface area contributed by atoms with Crippen LogP contribution in [0.2, 0.25) is 0 Å². The predicted octanol–water partition coefficient (Wildman–Crippen LogP) is 8.50. The zero-order chi connectivity index (χ0) is 30.4. The van der Waals surface area contributed by atoms with Gasteiger partial charge in [-0.05, 0) is 76.9 Å². The van der Waals surface area contributed by atoms with E-state index in [2.05, 4.69) is 49.9 Å². The molecule has 0 aliphatic carbocycles. The van der Waals surface area contributed by atoms with Gasteiger partial charge in [0.05, 0.1) is 14.3 Å². The maximum atomic E-state index is 14.0. The van der Waals surface area contributed by atoms with Gasteiger partial charge in [0.25, 0.3) is 15.7 Å². The van der Waals surface area contributed by atoms with Crippen LogP contribution in [0, 0.1) is 17.0 Å². The zero-order valence-electron chi connectivity index (χ0n) is 23.0. The van der Waals surface area contributed by atoms with Crippen LogP contribution in [-0.2, 0) is 15.4 Å². The Morgan fingerprint density at radius 2 is 1.74 bits per heavy atom. The number of nitro benzene ring substituents is 1. The molecule has 218 valence electrons. The number of halogens is 2. The van der Waals surface area contributed by atoms with E-state index < -0.39 is 27.6 Å². The number of para-hydroxylation sites is 1. The molecule has 9 nitrogen and oxygen atoms in total. The third-order valence-electron chi connectivity index (χ3n) is 6.99. The third kappa shape index (κ3) is 5.60. The van der Waals surface area contributed by atoms with Crippen LogP contribution in [0.15, 0.2) is 113 Å². The summed E-state index contributed by atoms with van der Waals surface area (Å²) >= 11 is 6.99. The molecule has 1 atom stereocenters. The summed E-state index contributed by atoms with van der Waals surface area (Å²) in [6.07, 6.45) is 0. The second kappa shape index (κ2) is 11.1. The van der Waals surface area contributed by atoms with Crippen molar-refractivity contribution in [3.05, 3.63) is 121 Å². The number of furan rings is 1. The highest BCUT2D eigenvalue weighted by Gasteiger charge is 2.42. The van der Waals surface area contributed by atoms with Crippen LogP contribution in [0.4, 0.5) is 11.4 Å². The third-order valence-corrected chi connectivity index (χ3v) is 12.7. The van der Waals surface area contributed by atoms with Crippen molar-refractivity contribution in [1.82, 2.24) is 0 Å². The van der Waals surface area contributed by atoms with Gasteiger partial charge < -0.3 is 13.8 Å². The highest BCUT2D eigenvalue weighted by molar-refractivity contribution is 9.11. The Bertz CT molecular complexity index is 1900. The molecule has 0 bridgehead atoms. The number of sulfonamides is 1. The van der Waals surface area contributed by atoms with E-state index >= 15 is 0 Å². The molecular weight excluding hydrogens is 709 g/mol. The minimum atomic E-state index is -4.43. The standard InChI is InChI=1S/C29H26Br2N3O6PS/c1-19-9-16-28(39-19)41(40-26-15-10-20(30)17-24(26)31,32-42(37,38)22-13-11-21(12-14-22)34(35)36)18-27-29(2,3)23-7-5-6-8-25(23)33(27)4/h5-18H,1-4H3/b27-18-. The van der Waals surface area contributed by atoms with Crippen LogP contribution in [-0.4, -0.2) is 20.4 Å². The van der Waals surface area contributed by atoms with Gasteiger partial charge in [0.1, 0.15) is 11.5 Å². The molecule has 0 saturated carbocycles. The normalized spacial score (nSPS) is 16.6. The second-order valence-electron chi connectivity index (χ2n) is 10.2. The smallest absolute Gasteiger partial charge is 0.284 e. The minimum Gasteiger partial charge on any atom is -0.456 e. The SMILES string of the molecule is Cc1ccc(P(/C=C2\N(C)c3ccccc3C2(C)C)(=NS(=O)(=O)c2ccc([N+](=O)[O-])cc2)Oc2ccc(Br)cc2Br)o1. The molecule has 0 fully saturated rings. The number of benzene rings is 3. The predicted molar refractivity (Wildman–Crippen MR) is 171 cm³/mol. The van der Waals surface area contributed by atoms with Gasteiger partial charge in [-0.25, -0.2) is 0 Å². The summed E-state index contributed by atoms with van der Waals surface area (Å²) in [6, 6.07) is 21.3. The lowest BCUT2D eigenvalue weighted by atomic mass is 9.84. The monoisotopic (exact) mass is 733 g/mol. The number of hydrogen-bond acceptors (Lipinski definition) is 7. The van der Waals surface area contributed by atoms with Crippen molar-refractivity contribution in [1.29, 1.82) is 0 Å². The first-order chi connectivity index (χ1) is 19.7. The van der Waals surface area contributed by atoms with Crippen LogP contribution in [0.5, 0.6) is 5.75 Å².